The molecular weight excluding hydrogens is 365 g/mol. The van der Waals surface area contributed by atoms with Gasteiger partial charge in [-0.1, -0.05) is 71.1 Å². The highest BCUT2D eigenvalue weighted by molar-refractivity contribution is 5.72. The molecule has 0 bridgehead atoms. The molecular formula is C23H33F3O2. The lowest BCUT2D eigenvalue weighted by atomic mass is 9.78. The molecule has 2 nitrogen and oxygen atoms in total. The molecule has 1 saturated carbocycles. The van der Waals surface area contributed by atoms with Crippen molar-refractivity contribution in [1.29, 1.82) is 0 Å². The van der Waals surface area contributed by atoms with Gasteiger partial charge in [0.15, 0.2) is 0 Å². The zero-order valence-corrected chi connectivity index (χ0v) is 16.9. The fourth-order valence-corrected chi connectivity index (χ4v) is 4.06. The van der Waals surface area contributed by atoms with Gasteiger partial charge in [0.2, 0.25) is 0 Å². The van der Waals surface area contributed by atoms with Crippen molar-refractivity contribution < 1.29 is 22.7 Å². The SMILES string of the molecule is CCCCCCC[C@H]1CC[C@H](CCC(=O)Oc2ccc(C(F)(F)F)cc2)CC1. The lowest BCUT2D eigenvalue weighted by Crippen LogP contribution is -2.17. The van der Waals surface area contributed by atoms with E-state index in [2.05, 4.69) is 6.92 Å². The highest BCUT2D eigenvalue weighted by atomic mass is 19.4. The van der Waals surface area contributed by atoms with E-state index in [1.165, 1.54) is 76.3 Å². The fraction of sp³-hybridized carbons (Fsp3) is 0.696. The number of rotatable bonds is 10. The molecule has 28 heavy (non-hydrogen) atoms. The van der Waals surface area contributed by atoms with E-state index in [1.54, 1.807) is 0 Å². The highest BCUT2D eigenvalue weighted by Crippen LogP contribution is 2.34. The van der Waals surface area contributed by atoms with Crippen LogP contribution in [0.5, 0.6) is 5.75 Å². The molecule has 0 atom stereocenters. The first-order valence-corrected chi connectivity index (χ1v) is 10.8. The van der Waals surface area contributed by atoms with E-state index in [1.807, 2.05) is 0 Å². The number of esters is 1. The number of ether oxygens (including phenoxy) is 1. The molecule has 1 aliphatic carbocycles. The van der Waals surface area contributed by atoms with Gasteiger partial charge in [0, 0.05) is 6.42 Å². The van der Waals surface area contributed by atoms with Crippen molar-refractivity contribution in [1.82, 2.24) is 0 Å². The van der Waals surface area contributed by atoms with Gasteiger partial charge in [-0.3, -0.25) is 4.79 Å². The average molecular weight is 399 g/mol. The van der Waals surface area contributed by atoms with Crippen molar-refractivity contribution in [3.63, 3.8) is 0 Å². The molecule has 0 saturated heterocycles. The Labute approximate surface area is 166 Å². The largest absolute Gasteiger partial charge is 0.427 e. The van der Waals surface area contributed by atoms with Crippen LogP contribution in [0.1, 0.15) is 89.5 Å². The molecule has 0 radical (unpaired) electrons. The molecule has 1 aromatic rings. The Kier molecular flexibility index (Phi) is 9.33. The van der Waals surface area contributed by atoms with Crippen LogP contribution in [0.4, 0.5) is 13.2 Å². The molecule has 158 valence electrons. The Hall–Kier alpha value is -1.52. The van der Waals surface area contributed by atoms with Gasteiger partial charge in [0.05, 0.1) is 5.56 Å². The standard InChI is InChI=1S/C23H33F3O2/c1-2-3-4-5-6-7-18-8-10-19(11-9-18)12-17-22(27)28-21-15-13-20(14-16-21)23(24,25)26/h13-16,18-19H,2-12,17H2,1H3/t18-,19-. The van der Waals surface area contributed by atoms with Crippen molar-refractivity contribution >= 4 is 5.97 Å². The van der Waals surface area contributed by atoms with Crippen LogP contribution in [0, 0.1) is 11.8 Å². The molecule has 0 aromatic heterocycles. The predicted molar refractivity (Wildman–Crippen MR) is 105 cm³/mol. The fourth-order valence-electron chi connectivity index (χ4n) is 4.06. The highest BCUT2D eigenvalue weighted by Gasteiger charge is 2.30. The number of carbonyl (C=O) groups is 1. The number of carbonyl (C=O) groups excluding carboxylic acids is 1. The number of alkyl halides is 3. The Balaban J connectivity index is 1.61. The van der Waals surface area contributed by atoms with Crippen LogP contribution >= 0.6 is 0 Å². The third-order valence-electron chi connectivity index (χ3n) is 5.85. The second-order valence-electron chi connectivity index (χ2n) is 8.12. The average Bonchev–Trinajstić information content (AvgIpc) is 2.67. The third-order valence-corrected chi connectivity index (χ3v) is 5.85. The van der Waals surface area contributed by atoms with Crippen LogP contribution in [0.2, 0.25) is 0 Å². The summed E-state index contributed by atoms with van der Waals surface area (Å²) in [6.07, 6.45) is 9.63. The van der Waals surface area contributed by atoms with E-state index in [0.29, 0.717) is 12.3 Å². The monoisotopic (exact) mass is 398 g/mol. The van der Waals surface area contributed by atoms with Crippen LogP contribution in [0.25, 0.3) is 0 Å². The number of hydrogen-bond donors (Lipinski definition) is 0. The number of benzene rings is 1. The van der Waals surface area contributed by atoms with Crippen LogP contribution in [-0.2, 0) is 11.0 Å². The topological polar surface area (TPSA) is 26.3 Å². The normalized spacial score (nSPS) is 20.1. The first kappa shape index (κ1) is 22.8. The van der Waals surface area contributed by atoms with Crippen molar-refractivity contribution in [2.75, 3.05) is 0 Å². The van der Waals surface area contributed by atoms with Crippen molar-refractivity contribution in [3.8, 4) is 5.75 Å². The number of unbranched alkanes of at least 4 members (excludes halogenated alkanes) is 4. The van der Waals surface area contributed by atoms with E-state index in [9.17, 15) is 18.0 Å². The molecule has 0 heterocycles. The summed E-state index contributed by atoms with van der Waals surface area (Å²) < 4.78 is 42.8. The summed E-state index contributed by atoms with van der Waals surface area (Å²) in [7, 11) is 0. The third kappa shape index (κ3) is 8.24. The molecule has 0 amide bonds. The summed E-state index contributed by atoms with van der Waals surface area (Å²) in [5, 5.41) is 0. The van der Waals surface area contributed by atoms with E-state index < -0.39 is 11.7 Å². The molecule has 2 rings (SSSR count). The molecule has 0 unspecified atom stereocenters. The summed E-state index contributed by atoms with van der Waals surface area (Å²) >= 11 is 0. The smallest absolute Gasteiger partial charge is 0.416 e. The molecule has 0 aliphatic heterocycles. The van der Waals surface area contributed by atoms with Gasteiger partial charge < -0.3 is 4.74 Å². The summed E-state index contributed by atoms with van der Waals surface area (Å²) in [5.41, 5.74) is -0.741. The zero-order chi connectivity index (χ0) is 20.4. The maximum absolute atomic E-state index is 12.5. The Morgan fingerprint density at radius 3 is 2.07 bits per heavy atom. The van der Waals surface area contributed by atoms with Crippen LogP contribution in [0.3, 0.4) is 0 Å². The van der Waals surface area contributed by atoms with E-state index in [-0.39, 0.29) is 11.7 Å². The molecule has 0 N–H and O–H groups in total. The van der Waals surface area contributed by atoms with E-state index >= 15 is 0 Å². The molecule has 1 aromatic carbocycles. The van der Waals surface area contributed by atoms with Gasteiger partial charge in [0.1, 0.15) is 5.75 Å². The summed E-state index contributed by atoms with van der Waals surface area (Å²) in [4.78, 5) is 12.0. The molecule has 1 aliphatic rings. The predicted octanol–water partition coefficient (Wildman–Crippen LogP) is 7.56. The maximum atomic E-state index is 12.5. The first-order chi connectivity index (χ1) is 13.4. The van der Waals surface area contributed by atoms with Crippen LogP contribution in [-0.4, -0.2) is 5.97 Å². The minimum Gasteiger partial charge on any atom is -0.427 e. The van der Waals surface area contributed by atoms with Crippen molar-refractivity contribution in [3.05, 3.63) is 29.8 Å². The minimum absolute atomic E-state index is 0.171. The lowest BCUT2D eigenvalue weighted by Gasteiger charge is -2.28. The summed E-state index contributed by atoms with van der Waals surface area (Å²) in [5.74, 6) is 1.22. The molecule has 0 spiro atoms. The van der Waals surface area contributed by atoms with Crippen LogP contribution in [0.15, 0.2) is 24.3 Å². The van der Waals surface area contributed by atoms with Gasteiger partial charge in [0.25, 0.3) is 0 Å². The van der Waals surface area contributed by atoms with Crippen LogP contribution < -0.4 is 4.74 Å². The number of hydrogen-bond acceptors (Lipinski definition) is 2. The van der Waals surface area contributed by atoms with Gasteiger partial charge in [-0.2, -0.15) is 13.2 Å². The Morgan fingerprint density at radius 1 is 0.929 bits per heavy atom. The quantitative estimate of drug-likeness (QED) is 0.231. The van der Waals surface area contributed by atoms with Crippen molar-refractivity contribution in [2.24, 2.45) is 11.8 Å². The summed E-state index contributed by atoms with van der Waals surface area (Å²) in [6.45, 7) is 2.24. The van der Waals surface area contributed by atoms with Crippen molar-refractivity contribution in [2.45, 2.75) is 90.1 Å². The summed E-state index contributed by atoms with van der Waals surface area (Å²) in [6, 6.07) is 4.27. The van der Waals surface area contributed by atoms with Gasteiger partial charge in [-0.05, 0) is 42.5 Å². The lowest BCUT2D eigenvalue weighted by molar-refractivity contribution is -0.137. The Bertz CT molecular complexity index is 573. The molecule has 5 heteroatoms. The first-order valence-electron chi connectivity index (χ1n) is 10.8. The minimum atomic E-state index is -4.38. The van der Waals surface area contributed by atoms with Gasteiger partial charge in [-0.25, -0.2) is 0 Å². The second kappa shape index (κ2) is 11.5. The molecule has 1 fully saturated rings. The second-order valence-corrected chi connectivity index (χ2v) is 8.12. The maximum Gasteiger partial charge on any atom is 0.416 e. The van der Waals surface area contributed by atoms with E-state index in [0.717, 1.165) is 24.5 Å². The Morgan fingerprint density at radius 2 is 1.50 bits per heavy atom. The van der Waals surface area contributed by atoms with Gasteiger partial charge in [-0.15, -0.1) is 0 Å². The van der Waals surface area contributed by atoms with E-state index in [4.69, 9.17) is 4.74 Å². The number of halogens is 3. The van der Waals surface area contributed by atoms with Gasteiger partial charge >= 0.3 is 12.1 Å². The zero-order valence-electron chi connectivity index (χ0n) is 16.9.